The number of rotatable bonds is 2. The van der Waals surface area contributed by atoms with Crippen LogP contribution in [-0.2, 0) is 0 Å². The number of nitrogens with zero attached hydrogens (tertiary/aromatic N) is 2. The smallest absolute Gasteiger partial charge is 0.262 e. The number of carbonyl (C=O) groups is 2. The monoisotopic (exact) mass is 280 g/mol. The molecule has 1 aliphatic rings. The minimum Gasteiger partial charge on any atom is -0.364 e. The Morgan fingerprint density at radius 2 is 1.72 bits per heavy atom. The molecule has 4 nitrogen and oxygen atoms in total. The van der Waals surface area contributed by atoms with Gasteiger partial charge in [0.15, 0.2) is 0 Å². The molecule has 0 bridgehead atoms. The van der Waals surface area contributed by atoms with Gasteiger partial charge in [-0.25, -0.2) is 0 Å². The van der Waals surface area contributed by atoms with Crippen LogP contribution in [0.3, 0.4) is 0 Å². The Balaban J connectivity index is 2.12. The molecule has 94 valence electrons. The van der Waals surface area contributed by atoms with Crippen molar-refractivity contribution >= 4 is 40.1 Å². The Kier molecular flexibility index (Phi) is 3.68. The van der Waals surface area contributed by atoms with E-state index >= 15 is 0 Å². The van der Waals surface area contributed by atoms with Crippen molar-refractivity contribution in [2.45, 2.75) is 0 Å². The van der Waals surface area contributed by atoms with E-state index in [1.807, 2.05) is 14.1 Å². The summed E-state index contributed by atoms with van der Waals surface area (Å²) in [6.45, 7) is 0. The average molecular weight is 280 g/mol. The highest BCUT2D eigenvalue weighted by molar-refractivity contribution is 8.22. The first kappa shape index (κ1) is 13.0. The van der Waals surface area contributed by atoms with Crippen molar-refractivity contribution in [1.29, 1.82) is 0 Å². The van der Waals surface area contributed by atoms with E-state index in [-0.39, 0.29) is 17.7 Å². The molecule has 0 saturated carbocycles. The van der Waals surface area contributed by atoms with Gasteiger partial charge in [-0.2, -0.15) is 0 Å². The summed E-state index contributed by atoms with van der Waals surface area (Å²) in [5, 5.41) is 0. The van der Waals surface area contributed by atoms with Crippen LogP contribution in [0.2, 0.25) is 0 Å². The summed E-state index contributed by atoms with van der Waals surface area (Å²) in [5.74, 6) is -0.238. The standard InChI is InChI=1S/C12H12N2O2S2/c1-13(2)12(17)18-7-14-10(15)8-5-3-4-6-9(8)11(14)16/h3-6H,7H2,1-2H3. The zero-order valence-electron chi connectivity index (χ0n) is 10.0. The Morgan fingerprint density at radius 3 is 2.17 bits per heavy atom. The summed E-state index contributed by atoms with van der Waals surface area (Å²) in [4.78, 5) is 27.1. The van der Waals surface area contributed by atoms with Crippen molar-refractivity contribution in [2.24, 2.45) is 0 Å². The molecule has 0 fully saturated rings. The molecule has 1 aliphatic heterocycles. The molecule has 0 atom stereocenters. The maximum atomic E-state index is 12.0. The molecule has 1 aromatic rings. The van der Waals surface area contributed by atoms with Crippen molar-refractivity contribution in [3.05, 3.63) is 35.4 Å². The van der Waals surface area contributed by atoms with Crippen LogP contribution in [0.25, 0.3) is 0 Å². The SMILES string of the molecule is CN(C)C(=S)SCN1C(=O)c2ccccc2C1=O. The van der Waals surface area contributed by atoms with E-state index in [1.54, 1.807) is 29.2 Å². The molecule has 0 N–H and O–H groups in total. The van der Waals surface area contributed by atoms with Crippen LogP contribution in [0, 0.1) is 0 Å². The lowest BCUT2D eigenvalue weighted by Crippen LogP contribution is -2.31. The molecule has 6 heteroatoms. The lowest BCUT2D eigenvalue weighted by atomic mass is 10.1. The molecule has 1 heterocycles. The molecule has 1 aromatic carbocycles. The van der Waals surface area contributed by atoms with Gasteiger partial charge in [0.2, 0.25) is 0 Å². The highest BCUT2D eigenvalue weighted by Crippen LogP contribution is 2.24. The molecule has 0 unspecified atom stereocenters. The third-order valence-corrected chi connectivity index (χ3v) is 4.28. The van der Waals surface area contributed by atoms with E-state index in [0.29, 0.717) is 15.4 Å². The fourth-order valence-electron chi connectivity index (χ4n) is 1.61. The van der Waals surface area contributed by atoms with Gasteiger partial charge >= 0.3 is 0 Å². The van der Waals surface area contributed by atoms with Crippen molar-refractivity contribution in [3.8, 4) is 0 Å². The molecule has 2 amide bonds. The van der Waals surface area contributed by atoms with Crippen LogP contribution >= 0.6 is 24.0 Å². The number of thioether (sulfide) groups is 1. The van der Waals surface area contributed by atoms with E-state index in [2.05, 4.69) is 0 Å². The van der Waals surface area contributed by atoms with E-state index < -0.39 is 0 Å². The fraction of sp³-hybridized carbons (Fsp3) is 0.250. The number of carbonyl (C=O) groups excluding carboxylic acids is 2. The Bertz CT molecular complexity index is 494. The number of thiocarbonyl (C=S) groups is 1. The van der Waals surface area contributed by atoms with Crippen LogP contribution in [0.4, 0.5) is 0 Å². The molecule has 0 spiro atoms. The van der Waals surface area contributed by atoms with E-state index in [0.717, 1.165) is 0 Å². The minimum absolute atomic E-state index is 0.246. The first-order valence-corrected chi connectivity index (χ1v) is 6.71. The molecular weight excluding hydrogens is 268 g/mol. The van der Waals surface area contributed by atoms with Gasteiger partial charge in [-0.1, -0.05) is 36.1 Å². The zero-order valence-corrected chi connectivity index (χ0v) is 11.7. The number of fused-ring (bicyclic) bond motifs is 1. The first-order chi connectivity index (χ1) is 8.52. The van der Waals surface area contributed by atoms with Gasteiger partial charge in [0.05, 0.1) is 17.0 Å². The second kappa shape index (κ2) is 5.07. The van der Waals surface area contributed by atoms with Gasteiger partial charge in [0, 0.05) is 14.1 Å². The van der Waals surface area contributed by atoms with Crippen LogP contribution in [0.15, 0.2) is 24.3 Å². The Morgan fingerprint density at radius 1 is 1.22 bits per heavy atom. The summed E-state index contributed by atoms with van der Waals surface area (Å²) in [7, 11) is 3.66. The number of hydrogen-bond acceptors (Lipinski definition) is 4. The lowest BCUT2D eigenvalue weighted by molar-refractivity contribution is 0.0684. The van der Waals surface area contributed by atoms with Crippen molar-refractivity contribution < 1.29 is 9.59 Å². The predicted octanol–water partition coefficient (Wildman–Crippen LogP) is 1.82. The van der Waals surface area contributed by atoms with Gasteiger partial charge in [-0.15, -0.1) is 0 Å². The van der Waals surface area contributed by atoms with Gasteiger partial charge in [-0.05, 0) is 12.1 Å². The molecule has 0 radical (unpaired) electrons. The van der Waals surface area contributed by atoms with Crippen molar-refractivity contribution in [2.75, 3.05) is 20.0 Å². The Labute approximate surface area is 115 Å². The van der Waals surface area contributed by atoms with E-state index in [4.69, 9.17) is 12.2 Å². The third kappa shape index (κ3) is 2.26. The largest absolute Gasteiger partial charge is 0.364 e. The predicted molar refractivity (Wildman–Crippen MR) is 75.7 cm³/mol. The van der Waals surface area contributed by atoms with E-state index in [9.17, 15) is 9.59 Å². The maximum Gasteiger partial charge on any atom is 0.262 e. The second-order valence-electron chi connectivity index (χ2n) is 4.02. The fourth-order valence-corrected chi connectivity index (χ4v) is 2.50. The Hall–Kier alpha value is -1.40. The van der Waals surface area contributed by atoms with Crippen molar-refractivity contribution in [3.63, 3.8) is 0 Å². The van der Waals surface area contributed by atoms with Crippen LogP contribution in [-0.4, -0.2) is 45.9 Å². The van der Waals surface area contributed by atoms with Crippen molar-refractivity contribution in [1.82, 2.24) is 9.80 Å². The second-order valence-corrected chi connectivity index (χ2v) is 5.60. The highest BCUT2D eigenvalue weighted by Gasteiger charge is 2.35. The number of amides is 2. The summed E-state index contributed by atoms with van der Waals surface area (Å²) < 4.78 is 0.645. The topological polar surface area (TPSA) is 40.6 Å². The molecule has 2 rings (SSSR count). The molecule has 0 aromatic heterocycles. The van der Waals surface area contributed by atoms with Crippen LogP contribution < -0.4 is 0 Å². The van der Waals surface area contributed by atoms with Gasteiger partial charge in [0.1, 0.15) is 4.32 Å². The summed E-state index contributed by atoms with van der Waals surface area (Å²) in [5.41, 5.74) is 0.942. The van der Waals surface area contributed by atoms with Gasteiger partial charge in [0.25, 0.3) is 11.8 Å². The molecular formula is C12H12N2O2S2. The molecule has 0 saturated heterocycles. The maximum absolute atomic E-state index is 12.0. The van der Waals surface area contributed by atoms with Crippen LogP contribution in [0.1, 0.15) is 20.7 Å². The van der Waals surface area contributed by atoms with E-state index in [1.165, 1.54) is 16.7 Å². The quantitative estimate of drug-likeness (QED) is 0.610. The average Bonchev–Trinajstić information content (AvgIpc) is 2.60. The summed E-state index contributed by atoms with van der Waals surface area (Å²) in [6, 6.07) is 6.85. The normalized spacial score (nSPS) is 13.8. The first-order valence-electron chi connectivity index (χ1n) is 5.31. The highest BCUT2D eigenvalue weighted by atomic mass is 32.2. The zero-order chi connectivity index (χ0) is 13.3. The number of hydrogen-bond donors (Lipinski definition) is 0. The summed E-state index contributed by atoms with van der Waals surface area (Å²) >= 11 is 6.42. The lowest BCUT2D eigenvalue weighted by Gasteiger charge is -2.17. The van der Waals surface area contributed by atoms with Gasteiger partial charge in [-0.3, -0.25) is 14.5 Å². The van der Waals surface area contributed by atoms with Gasteiger partial charge < -0.3 is 4.90 Å². The minimum atomic E-state index is -0.246. The third-order valence-electron chi connectivity index (χ3n) is 2.56. The molecule has 18 heavy (non-hydrogen) atoms. The van der Waals surface area contributed by atoms with Crippen LogP contribution in [0.5, 0.6) is 0 Å². The number of imide groups is 1. The number of benzene rings is 1. The molecule has 0 aliphatic carbocycles. The summed E-state index contributed by atoms with van der Waals surface area (Å²) in [6.07, 6.45) is 0.